The zero-order valence-electron chi connectivity index (χ0n) is 18.0. The van der Waals surface area contributed by atoms with Crippen LogP contribution in [-0.4, -0.2) is 29.7 Å². The maximum Gasteiger partial charge on any atom is 0.287 e. The van der Waals surface area contributed by atoms with Crippen molar-refractivity contribution in [3.05, 3.63) is 99.2 Å². The Labute approximate surface area is 198 Å². The summed E-state index contributed by atoms with van der Waals surface area (Å²) >= 11 is 0. The molecule has 0 aromatic heterocycles. The van der Waals surface area contributed by atoms with Gasteiger partial charge in [0.05, 0.1) is 11.1 Å². The largest absolute Gasteiger partial charge is 0.868 e. The SMILES string of the molecule is O=C(NN=Cc1ccc([O-])c([N+](=O)[O-])c1)/C(=C\c1ccc2c(c1)OCO2)NC(=O)c1ccccc1. The van der Waals surface area contributed by atoms with Gasteiger partial charge in [0.25, 0.3) is 17.5 Å². The number of fused-ring (bicyclic) bond motifs is 1. The van der Waals surface area contributed by atoms with E-state index in [1.807, 2.05) is 0 Å². The van der Waals surface area contributed by atoms with Gasteiger partial charge in [-0.2, -0.15) is 5.10 Å². The minimum absolute atomic E-state index is 0.0841. The third-order valence-corrected chi connectivity index (χ3v) is 4.80. The van der Waals surface area contributed by atoms with Crippen LogP contribution in [0.5, 0.6) is 17.2 Å². The summed E-state index contributed by atoms with van der Waals surface area (Å²) < 4.78 is 10.6. The third-order valence-electron chi connectivity index (χ3n) is 4.80. The predicted octanol–water partition coefficient (Wildman–Crippen LogP) is 2.32. The molecule has 11 heteroatoms. The van der Waals surface area contributed by atoms with Crippen LogP contribution < -0.4 is 25.3 Å². The smallest absolute Gasteiger partial charge is 0.287 e. The molecule has 0 atom stereocenters. The van der Waals surface area contributed by atoms with Crippen molar-refractivity contribution >= 4 is 29.8 Å². The first-order valence-electron chi connectivity index (χ1n) is 10.2. The van der Waals surface area contributed by atoms with Crippen LogP contribution in [0.15, 0.2) is 77.5 Å². The highest BCUT2D eigenvalue weighted by Gasteiger charge is 2.17. The molecule has 11 nitrogen and oxygen atoms in total. The fraction of sp³-hybridized carbons (Fsp3) is 0.0417. The molecule has 1 aliphatic heterocycles. The summed E-state index contributed by atoms with van der Waals surface area (Å²) in [7, 11) is 0. The fourth-order valence-corrected chi connectivity index (χ4v) is 3.10. The molecule has 0 aliphatic carbocycles. The zero-order valence-corrected chi connectivity index (χ0v) is 18.0. The molecule has 3 aromatic rings. The van der Waals surface area contributed by atoms with E-state index in [0.29, 0.717) is 22.6 Å². The van der Waals surface area contributed by atoms with Gasteiger partial charge in [0.2, 0.25) is 6.79 Å². The number of nitro benzene ring substituents is 1. The summed E-state index contributed by atoms with van der Waals surface area (Å²) in [5.74, 6) is -0.955. The first-order valence-corrected chi connectivity index (χ1v) is 10.2. The van der Waals surface area contributed by atoms with E-state index in [4.69, 9.17) is 9.47 Å². The van der Waals surface area contributed by atoms with Crippen molar-refractivity contribution in [2.75, 3.05) is 6.79 Å². The Kier molecular flexibility index (Phi) is 6.68. The summed E-state index contributed by atoms with van der Waals surface area (Å²) in [4.78, 5) is 35.6. The molecule has 0 fully saturated rings. The van der Waals surface area contributed by atoms with Crippen molar-refractivity contribution in [2.24, 2.45) is 5.10 Å². The molecule has 1 heterocycles. The normalized spacial score (nSPS) is 12.4. The lowest BCUT2D eigenvalue weighted by molar-refractivity contribution is -0.398. The Morgan fingerprint density at radius 3 is 2.49 bits per heavy atom. The van der Waals surface area contributed by atoms with Crippen LogP contribution in [-0.2, 0) is 4.79 Å². The van der Waals surface area contributed by atoms with E-state index in [9.17, 15) is 24.8 Å². The number of nitrogens with one attached hydrogen (secondary N) is 2. The van der Waals surface area contributed by atoms with Crippen molar-refractivity contribution in [2.45, 2.75) is 0 Å². The van der Waals surface area contributed by atoms with E-state index >= 15 is 0 Å². The van der Waals surface area contributed by atoms with Gasteiger partial charge in [-0.15, -0.1) is 0 Å². The van der Waals surface area contributed by atoms with Gasteiger partial charge in [-0.05, 0) is 41.7 Å². The quantitative estimate of drug-likeness (QED) is 0.231. The third kappa shape index (κ3) is 5.60. The second kappa shape index (κ2) is 10.2. The van der Waals surface area contributed by atoms with Crippen molar-refractivity contribution in [1.82, 2.24) is 10.7 Å². The highest BCUT2D eigenvalue weighted by atomic mass is 16.7. The van der Waals surface area contributed by atoms with Crippen molar-refractivity contribution in [3.8, 4) is 17.2 Å². The molecule has 0 radical (unpaired) electrons. The minimum Gasteiger partial charge on any atom is -0.868 e. The molecule has 3 aromatic carbocycles. The maximum atomic E-state index is 12.8. The molecule has 0 saturated carbocycles. The number of ether oxygens (including phenoxy) is 2. The van der Waals surface area contributed by atoms with Crippen molar-refractivity contribution in [3.63, 3.8) is 0 Å². The van der Waals surface area contributed by atoms with Gasteiger partial charge in [-0.3, -0.25) is 19.7 Å². The number of hydrazone groups is 1. The number of hydrogen-bond donors (Lipinski definition) is 2. The van der Waals surface area contributed by atoms with Gasteiger partial charge in [0, 0.05) is 17.2 Å². The van der Waals surface area contributed by atoms with Crippen LogP contribution >= 0.6 is 0 Å². The van der Waals surface area contributed by atoms with E-state index in [1.54, 1.807) is 48.5 Å². The van der Waals surface area contributed by atoms with Crippen LogP contribution in [0, 0.1) is 10.1 Å². The van der Waals surface area contributed by atoms with Crippen LogP contribution in [0.1, 0.15) is 21.5 Å². The second-order valence-corrected chi connectivity index (χ2v) is 7.17. The number of nitro groups is 1. The summed E-state index contributed by atoms with van der Waals surface area (Å²) in [5, 5.41) is 28.8. The molecule has 4 rings (SSSR count). The molecule has 1 aliphatic rings. The number of hydrogen-bond acceptors (Lipinski definition) is 8. The monoisotopic (exact) mass is 473 g/mol. The van der Waals surface area contributed by atoms with Gasteiger partial charge in [0.15, 0.2) is 11.5 Å². The number of carbonyl (C=O) groups excluding carboxylic acids is 2. The molecule has 35 heavy (non-hydrogen) atoms. The Morgan fingerprint density at radius 1 is 0.971 bits per heavy atom. The molecule has 0 spiro atoms. The molecule has 176 valence electrons. The number of nitrogens with zero attached hydrogens (tertiary/aromatic N) is 2. The Bertz CT molecular complexity index is 1350. The summed E-state index contributed by atoms with van der Waals surface area (Å²) in [5.41, 5.74) is 2.66. The van der Waals surface area contributed by atoms with Gasteiger partial charge in [-0.25, -0.2) is 5.43 Å². The Morgan fingerprint density at radius 2 is 1.71 bits per heavy atom. The molecular weight excluding hydrogens is 456 g/mol. The van der Waals surface area contributed by atoms with E-state index in [0.717, 1.165) is 18.3 Å². The first kappa shape index (κ1) is 23.0. The van der Waals surface area contributed by atoms with E-state index in [1.165, 1.54) is 12.1 Å². The van der Waals surface area contributed by atoms with Crippen LogP contribution in [0.3, 0.4) is 0 Å². The highest BCUT2D eigenvalue weighted by Crippen LogP contribution is 2.33. The topological polar surface area (TPSA) is 155 Å². The number of carbonyl (C=O) groups is 2. The van der Waals surface area contributed by atoms with Crippen LogP contribution in [0.25, 0.3) is 6.08 Å². The van der Waals surface area contributed by atoms with Crippen LogP contribution in [0.2, 0.25) is 0 Å². The molecule has 2 N–H and O–H groups in total. The van der Waals surface area contributed by atoms with Crippen LogP contribution in [0.4, 0.5) is 5.69 Å². The fourth-order valence-electron chi connectivity index (χ4n) is 3.10. The lowest BCUT2D eigenvalue weighted by Gasteiger charge is -2.10. The molecule has 0 saturated heterocycles. The lowest BCUT2D eigenvalue weighted by Crippen LogP contribution is -2.32. The average molecular weight is 473 g/mol. The van der Waals surface area contributed by atoms with Gasteiger partial charge >= 0.3 is 0 Å². The summed E-state index contributed by atoms with van der Waals surface area (Å²) in [6.45, 7) is 0.0841. The molecule has 0 bridgehead atoms. The van der Waals surface area contributed by atoms with E-state index in [2.05, 4.69) is 15.8 Å². The Balaban J connectivity index is 1.56. The van der Waals surface area contributed by atoms with E-state index in [-0.39, 0.29) is 18.1 Å². The molecular formula is C24H17N4O7-. The van der Waals surface area contributed by atoms with Crippen molar-refractivity contribution < 1.29 is 29.1 Å². The second-order valence-electron chi connectivity index (χ2n) is 7.17. The van der Waals surface area contributed by atoms with Gasteiger partial charge < -0.3 is 19.9 Å². The predicted molar refractivity (Wildman–Crippen MR) is 123 cm³/mol. The minimum atomic E-state index is -0.802. The average Bonchev–Trinajstić information content (AvgIpc) is 3.33. The maximum absolute atomic E-state index is 12.8. The summed E-state index contributed by atoms with van der Waals surface area (Å²) in [6.07, 6.45) is 2.58. The number of amides is 2. The Hall–Kier alpha value is -5.19. The number of benzene rings is 3. The molecule has 2 amide bonds. The summed E-state index contributed by atoms with van der Waals surface area (Å²) in [6, 6.07) is 16.7. The molecule has 0 unspecified atom stereocenters. The van der Waals surface area contributed by atoms with Gasteiger partial charge in [-0.1, -0.05) is 36.4 Å². The standard InChI is InChI=1S/C24H18N4O7/c29-20-8-6-16(11-19(20)28(32)33)13-25-27-24(31)18(26-23(30)17-4-2-1-3-5-17)10-15-7-9-21-22(12-15)35-14-34-21/h1-13,29H,14H2,(H,26,30)(H,27,31)/p-1/b18-10+,25-13?. The lowest BCUT2D eigenvalue weighted by atomic mass is 10.1. The highest BCUT2D eigenvalue weighted by molar-refractivity contribution is 6.05. The van der Waals surface area contributed by atoms with E-state index < -0.39 is 28.2 Å². The van der Waals surface area contributed by atoms with Crippen molar-refractivity contribution in [1.29, 1.82) is 0 Å². The zero-order chi connectivity index (χ0) is 24.8. The number of rotatable bonds is 7. The van der Waals surface area contributed by atoms with Gasteiger partial charge in [0.1, 0.15) is 5.70 Å². The first-order chi connectivity index (χ1) is 16.9.